The Bertz CT molecular complexity index is 1160. The van der Waals surface area contributed by atoms with E-state index in [0.29, 0.717) is 23.2 Å². The minimum Gasteiger partial charge on any atom is -0.467 e. The van der Waals surface area contributed by atoms with E-state index in [1.165, 1.54) is 7.11 Å². The molecular weight excluding hydrogens is 430 g/mol. The molecule has 34 heavy (non-hydrogen) atoms. The molecule has 2 aromatic carbocycles. The summed E-state index contributed by atoms with van der Waals surface area (Å²) in [7, 11) is 1.38. The Balaban J connectivity index is 1.42. The lowest BCUT2D eigenvalue weighted by Crippen LogP contribution is -2.46. The van der Waals surface area contributed by atoms with Crippen LogP contribution in [0.4, 0.5) is 0 Å². The van der Waals surface area contributed by atoms with E-state index in [2.05, 4.69) is 11.0 Å². The monoisotopic (exact) mass is 457 g/mol. The van der Waals surface area contributed by atoms with Crippen molar-refractivity contribution in [2.75, 3.05) is 20.2 Å². The summed E-state index contributed by atoms with van der Waals surface area (Å²) < 4.78 is 10.3. The van der Waals surface area contributed by atoms with Gasteiger partial charge in [-0.25, -0.2) is 4.79 Å². The van der Waals surface area contributed by atoms with E-state index < -0.39 is 0 Å². The summed E-state index contributed by atoms with van der Waals surface area (Å²) in [6.45, 7) is 2.87. The van der Waals surface area contributed by atoms with Gasteiger partial charge < -0.3 is 14.1 Å². The number of amides is 1. The zero-order chi connectivity index (χ0) is 23.9. The third-order valence-electron chi connectivity index (χ3n) is 6.18. The zero-order valence-corrected chi connectivity index (χ0v) is 19.1. The van der Waals surface area contributed by atoms with Gasteiger partial charge in [-0.2, -0.15) is 5.26 Å². The van der Waals surface area contributed by atoms with Crippen LogP contribution in [0.25, 0.3) is 0 Å². The van der Waals surface area contributed by atoms with Gasteiger partial charge in [-0.05, 0) is 60.9 Å². The Hall–Kier alpha value is -3.89. The van der Waals surface area contributed by atoms with Gasteiger partial charge in [-0.1, -0.05) is 18.2 Å². The normalized spacial score (nSPS) is 14.4. The molecule has 1 fully saturated rings. The largest absolute Gasteiger partial charge is 0.467 e. The van der Waals surface area contributed by atoms with E-state index >= 15 is 0 Å². The molecule has 0 saturated carbocycles. The predicted octanol–water partition coefficient (Wildman–Crippen LogP) is 4.24. The Morgan fingerprint density at radius 2 is 1.85 bits per heavy atom. The Labute approximate surface area is 199 Å². The molecule has 3 aromatic rings. The summed E-state index contributed by atoms with van der Waals surface area (Å²) in [5.74, 6) is 0.303. The molecule has 1 aliphatic rings. The highest BCUT2D eigenvalue weighted by atomic mass is 16.5. The van der Waals surface area contributed by atoms with Gasteiger partial charge >= 0.3 is 5.97 Å². The fourth-order valence-electron chi connectivity index (χ4n) is 4.34. The lowest BCUT2D eigenvalue weighted by atomic mass is 10.00. The van der Waals surface area contributed by atoms with Crippen molar-refractivity contribution in [1.82, 2.24) is 9.80 Å². The van der Waals surface area contributed by atoms with E-state index in [9.17, 15) is 14.9 Å². The Morgan fingerprint density at radius 1 is 1.09 bits per heavy atom. The number of piperidine rings is 1. The number of likely N-dealkylation sites (tertiary alicyclic amines) is 1. The molecule has 0 radical (unpaired) electrons. The third-order valence-corrected chi connectivity index (χ3v) is 6.18. The van der Waals surface area contributed by atoms with Gasteiger partial charge in [0.15, 0.2) is 0 Å². The second-order valence-electron chi connectivity index (χ2n) is 8.40. The van der Waals surface area contributed by atoms with Gasteiger partial charge in [0.25, 0.3) is 5.91 Å². The predicted molar refractivity (Wildman–Crippen MR) is 126 cm³/mol. The maximum atomic E-state index is 13.4. The summed E-state index contributed by atoms with van der Waals surface area (Å²) in [5, 5.41) is 9.23. The highest BCUT2D eigenvalue weighted by molar-refractivity contribution is 5.94. The van der Waals surface area contributed by atoms with Crippen LogP contribution in [0.1, 0.15) is 50.4 Å². The molecule has 0 spiro atoms. The quantitative estimate of drug-likeness (QED) is 0.493. The zero-order valence-electron chi connectivity index (χ0n) is 19.1. The average Bonchev–Trinajstić information content (AvgIpc) is 3.41. The highest BCUT2D eigenvalue weighted by Gasteiger charge is 2.29. The molecule has 1 amide bonds. The van der Waals surface area contributed by atoms with Crippen molar-refractivity contribution < 1.29 is 18.7 Å². The number of nitrogens with zero attached hydrogens (tertiary/aromatic N) is 3. The molecule has 0 aliphatic carbocycles. The van der Waals surface area contributed by atoms with Crippen LogP contribution >= 0.6 is 0 Å². The van der Waals surface area contributed by atoms with Gasteiger partial charge in [0, 0.05) is 31.2 Å². The first kappa shape index (κ1) is 23.3. The molecular formula is C27H27N3O4. The van der Waals surface area contributed by atoms with E-state index in [4.69, 9.17) is 9.15 Å². The standard InChI is InChI=1S/C27H27N3O4/c1-33-27(32)22-9-7-20(8-10-22)18-29-13-11-24(12-14-29)30(19-25-6-3-15-34-25)26(31)23-5-2-4-21(16-23)17-28/h2-10,15-16,24H,11-14,18-19H2,1H3. The molecule has 7 heteroatoms. The van der Waals surface area contributed by atoms with Gasteiger partial charge in [-0.15, -0.1) is 0 Å². The first-order chi connectivity index (χ1) is 16.6. The van der Waals surface area contributed by atoms with Crippen molar-refractivity contribution in [3.8, 4) is 6.07 Å². The van der Waals surface area contributed by atoms with Crippen LogP contribution in [0.5, 0.6) is 0 Å². The van der Waals surface area contributed by atoms with Gasteiger partial charge in [0.05, 0.1) is 37.1 Å². The molecule has 0 atom stereocenters. The van der Waals surface area contributed by atoms with Crippen molar-refractivity contribution in [2.45, 2.75) is 32.0 Å². The number of ether oxygens (including phenoxy) is 1. The Kier molecular flexibility index (Phi) is 7.41. The molecule has 1 aliphatic heterocycles. The maximum Gasteiger partial charge on any atom is 0.337 e. The van der Waals surface area contributed by atoms with Crippen LogP contribution in [0.3, 0.4) is 0 Å². The van der Waals surface area contributed by atoms with Crippen molar-refractivity contribution in [3.05, 3.63) is 94.9 Å². The number of furan rings is 1. The number of carbonyl (C=O) groups is 2. The maximum absolute atomic E-state index is 13.4. The molecule has 174 valence electrons. The van der Waals surface area contributed by atoms with Crippen molar-refractivity contribution in [2.24, 2.45) is 0 Å². The molecule has 4 rings (SSSR count). The third kappa shape index (κ3) is 5.53. The molecule has 0 N–H and O–H groups in total. The lowest BCUT2D eigenvalue weighted by Gasteiger charge is -2.38. The van der Waals surface area contributed by atoms with Gasteiger partial charge in [0.2, 0.25) is 0 Å². The molecule has 7 nitrogen and oxygen atoms in total. The van der Waals surface area contributed by atoms with E-state index in [-0.39, 0.29) is 17.9 Å². The van der Waals surface area contributed by atoms with Crippen LogP contribution < -0.4 is 0 Å². The number of carbonyl (C=O) groups excluding carboxylic acids is 2. The van der Waals surface area contributed by atoms with Crippen molar-refractivity contribution >= 4 is 11.9 Å². The fourth-order valence-corrected chi connectivity index (χ4v) is 4.34. The SMILES string of the molecule is COC(=O)c1ccc(CN2CCC(N(Cc3ccco3)C(=O)c3cccc(C#N)c3)CC2)cc1. The van der Waals surface area contributed by atoms with Gasteiger partial charge in [0.1, 0.15) is 5.76 Å². The van der Waals surface area contributed by atoms with Crippen LogP contribution in [-0.4, -0.2) is 47.9 Å². The number of benzene rings is 2. The number of esters is 1. The molecule has 0 bridgehead atoms. The topological polar surface area (TPSA) is 86.8 Å². The minimum absolute atomic E-state index is 0.0706. The van der Waals surface area contributed by atoms with Crippen LogP contribution in [0.15, 0.2) is 71.3 Å². The number of rotatable bonds is 7. The van der Waals surface area contributed by atoms with Crippen LogP contribution in [0.2, 0.25) is 0 Å². The second kappa shape index (κ2) is 10.8. The number of hydrogen-bond donors (Lipinski definition) is 0. The van der Waals surface area contributed by atoms with E-state index in [1.54, 1.807) is 42.7 Å². The van der Waals surface area contributed by atoms with Crippen LogP contribution in [-0.2, 0) is 17.8 Å². The summed E-state index contributed by atoms with van der Waals surface area (Å²) in [5.41, 5.74) is 2.65. The number of hydrogen-bond acceptors (Lipinski definition) is 6. The number of methoxy groups -OCH3 is 1. The Morgan fingerprint density at radius 3 is 2.50 bits per heavy atom. The summed E-state index contributed by atoms with van der Waals surface area (Å²) >= 11 is 0. The first-order valence-corrected chi connectivity index (χ1v) is 11.3. The van der Waals surface area contributed by atoms with Crippen molar-refractivity contribution in [1.29, 1.82) is 5.26 Å². The minimum atomic E-state index is -0.339. The van der Waals surface area contributed by atoms with Crippen molar-refractivity contribution in [3.63, 3.8) is 0 Å². The highest BCUT2D eigenvalue weighted by Crippen LogP contribution is 2.23. The summed E-state index contributed by atoms with van der Waals surface area (Å²) in [6.07, 6.45) is 3.29. The molecule has 1 saturated heterocycles. The number of nitriles is 1. The van der Waals surface area contributed by atoms with E-state index in [0.717, 1.165) is 43.8 Å². The smallest absolute Gasteiger partial charge is 0.337 e. The summed E-state index contributed by atoms with van der Waals surface area (Å²) in [6, 6.07) is 20.2. The van der Waals surface area contributed by atoms with Crippen LogP contribution in [0, 0.1) is 11.3 Å². The lowest BCUT2D eigenvalue weighted by molar-refractivity contribution is 0.0522. The summed E-state index contributed by atoms with van der Waals surface area (Å²) in [4.78, 5) is 29.3. The molecule has 1 aromatic heterocycles. The second-order valence-corrected chi connectivity index (χ2v) is 8.40. The average molecular weight is 458 g/mol. The molecule has 2 heterocycles. The molecule has 0 unspecified atom stereocenters. The fraction of sp³-hybridized carbons (Fsp3) is 0.296. The van der Waals surface area contributed by atoms with E-state index in [1.807, 2.05) is 29.2 Å². The first-order valence-electron chi connectivity index (χ1n) is 11.3. The van der Waals surface area contributed by atoms with Gasteiger partial charge in [-0.3, -0.25) is 9.69 Å².